The molecule has 3 rings (SSSR count). The second kappa shape index (κ2) is 4.97. The third-order valence-corrected chi connectivity index (χ3v) is 3.98. The molecule has 1 aliphatic carbocycles. The molecule has 1 aliphatic rings. The third kappa shape index (κ3) is 2.12. The van der Waals surface area contributed by atoms with E-state index in [0.29, 0.717) is 6.61 Å². The number of carbonyl (C=O) groups is 1. The topological polar surface area (TPSA) is 26.3 Å². The molecule has 2 heteroatoms. The molecular weight excluding hydrogens is 260 g/mol. The minimum absolute atomic E-state index is 0.0672. The summed E-state index contributed by atoms with van der Waals surface area (Å²) in [5, 5.41) is 0. The maximum Gasteiger partial charge on any atom is 0.193 e. The molecule has 0 unspecified atom stereocenters. The number of rotatable bonds is 3. The zero-order valence-electron chi connectivity index (χ0n) is 12.3. The number of fused-ring (bicyclic) bond motifs is 2. The molecule has 0 N–H and O–H groups in total. The first-order valence-corrected chi connectivity index (χ1v) is 7.06. The maximum atomic E-state index is 12.7. The summed E-state index contributed by atoms with van der Waals surface area (Å²) >= 11 is 0. The van der Waals surface area contributed by atoms with Gasteiger partial charge in [0.05, 0.1) is 6.61 Å². The smallest absolute Gasteiger partial charge is 0.193 e. The van der Waals surface area contributed by atoms with E-state index in [1.165, 1.54) is 0 Å². The van der Waals surface area contributed by atoms with E-state index in [1.807, 2.05) is 62.4 Å². The number of ether oxygens (including phenoxy) is 1. The van der Waals surface area contributed by atoms with Gasteiger partial charge in [-0.2, -0.15) is 0 Å². The molecule has 2 nitrogen and oxygen atoms in total. The number of hydrogen-bond donors (Lipinski definition) is 0. The second-order valence-corrected chi connectivity index (χ2v) is 5.70. The van der Waals surface area contributed by atoms with Gasteiger partial charge in [0.15, 0.2) is 5.78 Å². The molecule has 0 aromatic heterocycles. The monoisotopic (exact) mass is 278 g/mol. The lowest BCUT2D eigenvalue weighted by molar-refractivity contribution is 0.00749. The molecule has 0 saturated heterocycles. The minimum Gasteiger partial charge on any atom is -0.361 e. The normalized spacial score (nSPS) is 15.2. The van der Waals surface area contributed by atoms with Gasteiger partial charge in [-0.05, 0) is 25.0 Å². The van der Waals surface area contributed by atoms with Crippen LogP contribution < -0.4 is 0 Å². The van der Waals surface area contributed by atoms with E-state index in [4.69, 9.17) is 4.74 Å². The fraction of sp³-hybridized carbons (Fsp3) is 0.211. The van der Waals surface area contributed by atoms with Gasteiger partial charge in [0, 0.05) is 11.1 Å². The molecule has 0 amide bonds. The van der Waals surface area contributed by atoms with Crippen LogP contribution in [0.5, 0.6) is 0 Å². The Bertz CT molecular complexity index is 678. The van der Waals surface area contributed by atoms with Gasteiger partial charge in [-0.25, -0.2) is 0 Å². The molecule has 0 spiro atoms. The Kier molecular flexibility index (Phi) is 3.26. The Labute approximate surface area is 125 Å². The largest absolute Gasteiger partial charge is 0.361 e. The van der Waals surface area contributed by atoms with Gasteiger partial charge in [0.25, 0.3) is 0 Å². The summed E-state index contributed by atoms with van der Waals surface area (Å²) in [6, 6.07) is 15.4. The van der Waals surface area contributed by atoms with Crippen molar-refractivity contribution in [2.24, 2.45) is 0 Å². The summed E-state index contributed by atoms with van der Waals surface area (Å²) in [7, 11) is 0. The van der Waals surface area contributed by atoms with Crippen LogP contribution in [0.15, 0.2) is 60.7 Å². The quantitative estimate of drug-likeness (QED) is 0.790. The van der Waals surface area contributed by atoms with Crippen LogP contribution in [0.1, 0.15) is 40.9 Å². The molecule has 0 saturated carbocycles. The summed E-state index contributed by atoms with van der Waals surface area (Å²) in [6.07, 6.45) is 0. The second-order valence-electron chi connectivity index (χ2n) is 5.70. The third-order valence-electron chi connectivity index (χ3n) is 3.98. The van der Waals surface area contributed by atoms with E-state index in [1.54, 1.807) is 0 Å². The number of benzene rings is 2. The van der Waals surface area contributed by atoms with Crippen LogP contribution in [0.3, 0.4) is 0 Å². The standard InChI is InChI=1S/C19H18O2/c1-13(2)12-21-19(3)16-10-6-4-8-14(16)18(20)15-9-5-7-11-17(15)19/h4-11H,1,12H2,2-3H3. The maximum absolute atomic E-state index is 12.7. The summed E-state index contributed by atoms with van der Waals surface area (Å²) in [5.41, 5.74) is 3.63. The molecule has 106 valence electrons. The van der Waals surface area contributed by atoms with E-state index in [-0.39, 0.29) is 5.78 Å². The van der Waals surface area contributed by atoms with Crippen LogP contribution in [-0.4, -0.2) is 12.4 Å². The summed E-state index contributed by atoms with van der Waals surface area (Å²) in [4.78, 5) is 12.7. The average Bonchev–Trinajstić information content (AvgIpc) is 2.51. The molecule has 0 bridgehead atoms. The molecule has 0 atom stereocenters. The van der Waals surface area contributed by atoms with E-state index < -0.39 is 5.60 Å². The van der Waals surface area contributed by atoms with Crippen molar-refractivity contribution in [3.05, 3.63) is 82.9 Å². The lowest BCUT2D eigenvalue weighted by Crippen LogP contribution is -2.36. The van der Waals surface area contributed by atoms with E-state index in [9.17, 15) is 4.79 Å². The van der Waals surface area contributed by atoms with Gasteiger partial charge >= 0.3 is 0 Å². The van der Waals surface area contributed by atoms with Gasteiger partial charge in [-0.15, -0.1) is 0 Å². The molecule has 2 aromatic carbocycles. The van der Waals surface area contributed by atoms with Crippen LogP contribution in [0.4, 0.5) is 0 Å². The predicted octanol–water partition coefficient (Wildman–Crippen LogP) is 4.09. The highest BCUT2D eigenvalue weighted by molar-refractivity contribution is 6.13. The average molecular weight is 278 g/mol. The van der Waals surface area contributed by atoms with Crippen molar-refractivity contribution in [3.8, 4) is 0 Å². The number of hydrogen-bond acceptors (Lipinski definition) is 2. The number of carbonyl (C=O) groups excluding carboxylic acids is 1. The van der Waals surface area contributed by atoms with Crippen LogP contribution >= 0.6 is 0 Å². The summed E-state index contributed by atoms with van der Waals surface area (Å²) in [5.74, 6) is 0.0672. The van der Waals surface area contributed by atoms with Crippen LogP contribution in [-0.2, 0) is 10.3 Å². The lowest BCUT2D eigenvalue weighted by atomic mass is 9.75. The Morgan fingerprint density at radius 2 is 1.52 bits per heavy atom. The fourth-order valence-electron chi connectivity index (χ4n) is 2.91. The summed E-state index contributed by atoms with van der Waals surface area (Å²) < 4.78 is 6.18. The molecule has 0 heterocycles. The molecule has 0 fully saturated rings. The molecule has 21 heavy (non-hydrogen) atoms. The van der Waals surface area contributed by atoms with E-state index >= 15 is 0 Å². The van der Waals surface area contributed by atoms with Gasteiger partial charge in [-0.1, -0.05) is 60.7 Å². The minimum atomic E-state index is -0.625. The van der Waals surface area contributed by atoms with Gasteiger partial charge in [-0.3, -0.25) is 4.79 Å². The summed E-state index contributed by atoms with van der Waals surface area (Å²) in [6.45, 7) is 8.34. The molecule has 0 radical (unpaired) electrons. The highest BCUT2D eigenvalue weighted by Gasteiger charge is 2.40. The zero-order chi connectivity index (χ0) is 15.0. The van der Waals surface area contributed by atoms with Crippen molar-refractivity contribution in [1.82, 2.24) is 0 Å². The van der Waals surface area contributed by atoms with Crippen molar-refractivity contribution >= 4 is 5.78 Å². The fourth-order valence-corrected chi connectivity index (χ4v) is 2.91. The lowest BCUT2D eigenvalue weighted by Gasteiger charge is -2.37. The van der Waals surface area contributed by atoms with Crippen molar-refractivity contribution in [2.75, 3.05) is 6.61 Å². The highest BCUT2D eigenvalue weighted by atomic mass is 16.5. The molecular formula is C19H18O2. The molecule has 0 aliphatic heterocycles. The van der Waals surface area contributed by atoms with Crippen LogP contribution in [0.2, 0.25) is 0 Å². The van der Waals surface area contributed by atoms with Crippen LogP contribution in [0.25, 0.3) is 0 Å². The highest BCUT2D eigenvalue weighted by Crippen LogP contribution is 2.42. The van der Waals surface area contributed by atoms with Crippen LogP contribution in [0, 0.1) is 0 Å². The van der Waals surface area contributed by atoms with E-state index in [0.717, 1.165) is 27.8 Å². The van der Waals surface area contributed by atoms with E-state index in [2.05, 4.69) is 6.58 Å². The Morgan fingerprint density at radius 3 is 2.00 bits per heavy atom. The Morgan fingerprint density at radius 1 is 1.05 bits per heavy atom. The van der Waals surface area contributed by atoms with Gasteiger partial charge in [0.2, 0.25) is 0 Å². The van der Waals surface area contributed by atoms with Crippen molar-refractivity contribution < 1.29 is 9.53 Å². The Hall–Kier alpha value is -2.19. The zero-order valence-corrected chi connectivity index (χ0v) is 12.3. The van der Waals surface area contributed by atoms with Gasteiger partial charge in [0.1, 0.15) is 5.60 Å². The van der Waals surface area contributed by atoms with Crippen molar-refractivity contribution in [3.63, 3.8) is 0 Å². The Balaban J connectivity index is 2.22. The van der Waals surface area contributed by atoms with Gasteiger partial charge < -0.3 is 4.74 Å². The predicted molar refractivity (Wildman–Crippen MR) is 83.5 cm³/mol. The van der Waals surface area contributed by atoms with Crippen molar-refractivity contribution in [1.29, 1.82) is 0 Å². The van der Waals surface area contributed by atoms with Crippen molar-refractivity contribution in [2.45, 2.75) is 19.4 Å². The first-order valence-electron chi connectivity index (χ1n) is 7.06. The number of ketones is 1. The first-order chi connectivity index (χ1) is 10.0. The first kappa shape index (κ1) is 13.8. The SMILES string of the molecule is C=C(C)COC1(C)c2ccccc2C(=O)c2ccccc21. The molecule has 2 aromatic rings.